The Bertz CT molecular complexity index is 1030. The van der Waals surface area contributed by atoms with Crippen LogP contribution in [0.3, 0.4) is 0 Å². The number of halogens is 6. The quantitative estimate of drug-likeness (QED) is 0.370. The van der Waals surface area contributed by atoms with E-state index in [1.54, 1.807) is 25.1 Å². The summed E-state index contributed by atoms with van der Waals surface area (Å²) >= 11 is 17.7. The summed E-state index contributed by atoms with van der Waals surface area (Å²) in [5.74, 6) is 0. The molecule has 1 N–H and O–H groups in total. The second kappa shape index (κ2) is 9.42. The number of anilines is 1. The number of sulfonamides is 1. The van der Waals surface area contributed by atoms with Gasteiger partial charge in [-0.15, -0.1) is 0 Å². The highest BCUT2D eigenvalue weighted by atomic mass is 35.5. The van der Waals surface area contributed by atoms with E-state index in [1.807, 2.05) is 0 Å². The molecule has 2 rings (SSSR count). The number of benzene rings is 2. The van der Waals surface area contributed by atoms with E-state index >= 15 is 0 Å². The number of nitrogens with one attached hydrogen (secondary N) is 1. The van der Waals surface area contributed by atoms with Crippen molar-refractivity contribution in [3.63, 3.8) is 0 Å². The second-order valence-corrected chi connectivity index (χ2v) is 8.58. The van der Waals surface area contributed by atoms with E-state index in [0.717, 1.165) is 6.07 Å². The minimum atomic E-state index is -5.62. The number of oxime groups is 1. The summed E-state index contributed by atoms with van der Waals surface area (Å²) in [5, 5.41) is 4.80. The molecule has 0 saturated carbocycles. The van der Waals surface area contributed by atoms with E-state index in [-0.39, 0.29) is 35.0 Å². The van der Waals surface area contributed by atoms with E-state index in [9.17, 15) is 21.6 Å². The van der Waals surface area contributed by atoms with E-state index in [0.29, 0.717) is 15.6 Å². The van der Waals surface area contributed by atoms with Crippen molar-refractivity contribution < 1.29 is 26.4 Å². The molecule has 0 fully saturated rings. The van der Waals surface area contributed by atoms with Gasteiger partial charge in [-0.1, -0.05) is 52.9 Å². The van der Waals surface area contributed by atoms with Crippen molar-refractivity contribution >= 4 is 56.2 Å². The number of nitrogens with zero attached hydrogens (tertiary/aromatic N) is 1. The molecule has 2 aromatic carbocycles. The van der Waals surface area contributed by atoms with E-state index < -0.39 is 15.5 Å². The molecule has 5 nitrogen and oxygen atoms in total. The summed E-state index contributed by atoms with van der Waals surface area (Å²) in [4.78, 5) is 5.26. The van der Waals surface area contributed by atoms with Gasteiger partial charge >= 0.3 is 15.5 Å². The van der Waals surface area contributed by atoms with Crippen LogP contribution in [0.25, 0.3) is 0 Å². The molecule has 0 aliphatic carbocycles. The monoisotopic (exact) mass is 488 g/mol. The van der Waals surface area contributed by atoms with E-state index in [2.05, 4.69) is 5.16 Å². The van der Waals surface area contributed by atoms with Gasteiger partial charge in [0.25, 0.3) is 0 Å². The van der Waals surface area contributed by atoms with Crippen molar-refractivity contribution in [2.24, 2.45) is 5.16 Å². The smallest absolute Gasteiger partial charge is 0.391 e. The number of hydrogen-bond donors (Lipinski definition) is 1. The van der Waals surface area contributed by atoms with Crippen LogP contribution in [0.2, 0.25) is 15.1 Å². The highest BCUT2D eigenvalue weighted by Gasteiger charge is 2.46. The van der Waals surface area contributed by atoms with Crippen LogP contribution >= 0.6 is 34.8 Å². The summed E-state index contributed by atoms with van der Waals surface area (Å²) in [5.41, 5.74) is -4.90. The lowest BCUT2D eigenvalue weighted by molar-refractivity contribution is -0.0429. The van der Waals surface area contributed by atoms with Crippen LogP contribution in [0.15, 0.2) is 41.6 Å². The Labute approximate surface area is 180 Å². The highest BCUT2D eigenvalue weighted by molar-refractivity contribution is 7.93. The fourth-order valence-corrected chi connectivity index (χ4v) is 3.24. The van der Waals surface area contributed by atoms with Gasteiger partial charge in [0.15, 0.2) is 0 Å². The maximum absolute atomic E-state index is 12.7. The first-order chi connectivity index (χ1) is 13.4. The molecular formula is C17H14Cl3F3N2O3S. The molecule has 12 heteroatoms. The van der Waals surface area contributed by atoms with Gasteiger partial charge in [-0.3, -0.25) is 4.72 Å². The Morgan fingerprint density at radius 3 is 2.38 bits per heavy atom. The molecule has 2 aromatic rings. The van der Waals surface area contributed by atoms with Crippen molar-refractivity contribution in [2.45, 2.75) is 25.5 Å². The molecule has 0 spiro atoms. The highest BCUT2D eigenvalue weighted by Crippen LogP contribution is 2.29. The molecule has 0 saturated heterocycles. The second-order valence-electron chi connectivity index (χ2n) is 5.65. The zero-order valence-electron chi connectivity index (χ0n) is 14.7. The Hall–Kier alpha value is -1.68. The van der Waals surface area contributed by atoms with Gasteiger partial charge in [-0.2, -0.15) is 21.6 Å². The maximum Gasteiger partial charge on any atom is 0.516 e. The van der Waals surface area contributed by atoms with Gasteiger partial charge in [0.05, 0.1) is 21.4 Å². The van der Waals surface area contributed by atoms with Gasteiger partial charge in [0.2, 0.25) is 0 Å². The van der Waals surface area contributed by atoms with Crippen LogP contribution in [-0.4, -0.2) is 19.6 Å². The Morgan fingerprint density at radius 1 is 1.10 bits per heavy atom. The van der Waals surface area contributed by atoms with Gasteiger partial charge in [0, 0.05) is 10.6 Å². The van der Waals surface area contributed by atoms with Gasteiger partial charge in [0.1, 0.15) is 6.61 Å². The van der Waals surface area contributed by atoms with Crippen molar-refractivity contribution in [3.8, 4) is 0 Å². The molecule has 0 aliphatic rings. The van der Waals surface area contributed by atoms with Crippen LogP contribution in [-0.2, 0) is 21.5 Å². The third-order valence-corrected chi connectivity index (χ3v) is 5.64. The summed E-state index contributed by atoms with van der Waals surface area (Å²) in [6.07, 6.45) is 0.225. The first-order valence-electron chi connectivity index (χ1n) is 7.96. The third-order valence-electron chi connectivity index (χ3n) is 3.57. The Balaban J connectivity index is 2.30. The Morgan fingerprint density at radius 2 is 1.79 bits per heavy atom. The number of hydrogen-bond acceptors (Lipinski definition) is 4. The SMILES string of the molecule is CCC(=NOCc1ccc(Cl)c(Cl)c1)c1cc(Cl)ccc1NS(=O)(=O)C(F)(F)F. The normalized spacial score (nSPS) is 12.7. The van der Waals surface area contributed by atoms with Crippen LogP contribution in [0.5, 0.6) is 0 Å². The standard InChI is InChI=1S/C17H14Cl3F3N2O3S/c1-2-15(24-28-9-10-3-5-13(19)14(20)7-10)12-8-11(18)4-6-16(12)25-29(26,27)17(21,22)23/h3-8,25H,2,9H2,1H3. The summed E-state index contributed by atoms with van der Waals surface area (Å²) < 4.78 is 62.6. The molecular weight excluding hydrogens is 476 g/mol. The zero-order chi connectivity index (χ0) is 21.8. The third kappa shape index (κ3) is 6.15. The summed E-state index contributed by atoms with van der Waals surface area (Å²) in [7, 11) is -5.62. The van der Waals surface area contributed by atoms with E-state index in [1.165, 1.54) is 16.9 Å². The van der Waals surface area contributed by atoms with Crippen molar-refractivity contribution in [3.05, 3.63) is 62.6 Å². The average molecular weight is 490 g/mol. The van der Waals surface area contributed by atoms with Crippen molar-refractivity contribution in [2.75, 3.05) is 4.72 Å². The minimum absolute atomic E-state index is 0.00453. The molecule has 0 bridgehead atoms. The van der Waals surface area contributed by atoms with Crippen molar-refractivity contribution in [1.82, 2.24) is 0 Å². The van der Waals surface area contributed by atoms with Crippen molar-refractivity contribution in [1.29, 1.82) is 0 Å². The molecule has 29 heavy (non-hydrogen) atoms. The van der Waals surface area contributed by atoms with Crippen LogP contribution in [0.1, 0.15) is 24.5 Å². The van der Waals surface area contributed by atoms with Gasteiger partial charge < -0.3 is 4.84 Å². The van der Waals surface area contributed by atoms with Gasteiger partial charge in [-0.25, -0.2) is 0 Å². The lowest BCUT2D eigenvalue weighted by Gasteiger charge is -2.15. The largest absolute Gasteiger partial charge is 0.516 e. The molecule has 0 amide bonds. The minimum Gasteiger partial charge on any atom is -0.391 e. The lowest BCUT2D eigenvalue weighted by atomic mass is 10.1. The molecule has 0 heterocycles. The van der Waals surface area contributed by atoms with Gasteiger partial charge in [-0.05, 0) is 42.3 Å². The fourth-order valence-electron chi connectivity index (χ4n) is 2.17. The number of alkyl halides is 3. The Kier molecular flexibility index (Phi) is 7.67. The average Bonchev–Trinajstić information content (AvgIpc) is 2.62. The van der Waals surface area contributed by atoms with E-state index in [4.69, 9.17) is 39.6 Å². The molecule has 0 aromatic heterocycles. The molecule has 0 aliphatic heterocycles. The van der Waals surface area contributed by atoms with Crippen LogP contribution in [0.4, 0.5) is 18.9 Å². The molecule has 158 valence electrons. The number of rotatable bonds is 7. The predicted molar refractivity (Wildman–Crippen MR) is 108 cm³/mol. The first kappa shape index (κ1) is 23.6. The first-order valence-corrected chi connectivity index (χ1v) is 10.6. The fraction of sp³-hybridized carbons (Fsp3) is 0.235. The summed E-state index contributed by atoms with van der Waals surface area (Å²) in [6.45, 7) is 1.68. The zero-order valence-corrected chi connectivity index (χ0v) is 17.8. The summed E-state index contributed by atoms with van der Waals surface area (Å²) in [6, 6.07) is 8.48. The topological polar surface area (TPSA) is 67.8 Å². The molecule has 0 radical (unpaired) electrons. The van der Waals surface area contributed by atoms with Crippen LogP contribution in [0, 0.1) is 0 Å². The van der Waals surface area contributed by atoms with Crippen LogP contribution < -0.4 is 4.72 Å². The predicted octanol–water partition coefficient (Wildman–Crippen LogP) is 6.24. The lowest BCUT2D eigenvalue weighted by Crippen LogP contribution is -2.30. The maximum atomic E-state index is 12.7. The molecule has 0 atom stereocenters. The molecule has 0 unspecified atom stereocenters.